The van der Waals surface area contributed by atoms with Crippen LogP contribution in [0.1, 0.15) is 90.0 Å². The fourth-order valence-corrected chi connectivity index (χ4v) is 17.6. The molecule has 6 heteroatoms. The van der Waals surface area contributed by atoms with Crippen molar-refractivity contribution in [3.8, 4) is 67.0 Å². The zero-order valence-electron chi connectivity index (χ0n) is 73.4. The summed E-state index contributed by atoms with van der Waals surface area (Å²) in [5, 5.41) is 2.10. The number of benzene rings is 16. The molecule has 2 aromatic heterocycles. The van der Waals surface area contributed by atoms with E-state index in [9.17, 15) is 11.0 Å². The Labute approximate surface area is 680 Å². The summed E-state index contributed by atoms with van der Waals surface area (Å²) in [6, 6.07) is 113. The van der Waals surface area contributed by atoms with Crippen LogP contribution < -0.4 is 31.1 Å². The maximum atomic E-state index is 10.00. The van der Waals surface area contributed by atoms with Gasteiger partial charge < -0.3 is 23.8 Å². The van der Waals surface area contributed by atoms with Crippen molar-refractivity contribution in [1.29, 1.82) is 0 Å². The molecular weight excluding hydrogens is 1380 g/mol. The molecule has 20 rings (SSSR count). The topological polar surface area (TPSA) is 19.6 Å². The van der Waals surface area contributed by atoms with Crippen LogP contribution in [0, 0.1) is 0 Å². The van der Waals surface area contributed by atoms with Crippen LogP contribution in [-0.2, 0) is 16.2 Å². The van der Waals surface area contributed by atoms with Gasteiger partial charge >= 0.3 is 0 Å². The Bertz CT molecular complexity index is 7030. The molecule has 0 bridgehead atoms. The number of nitrogens with zero attached hydrogens (tertiary/aromatic N) is 5. The van der Waals surface area contributed by atoms with Gasteiger partial charge in [0.25, 0.3) is 6.71 Å². The van der Waals surface area contributed by atoms with E-state index in [0.717, 1.165) is 156 Å². The van der Waals surface area contributed by atoms with Crippen molar-refractivity contribution in [2.24, 2.45) is 0 Å². The van der Waals surface area contributed by atoms with Gasteiger partial charge in [-0.15, -0.1) is 0 Å². The second-order valence-electron chi connectivity index (χ2n) is 33.6. The van der Waals surface area contributed by atoms with E-state index in [1.54, 1.807) is 4.57 Å². The highest BCUT2D eigenvalue weighted by atomic mass is 15.2. The van der Waals surface area contributed by atoms with E-state index in [-0.39, 0.29) is 50.1 Å². The standard InChI is InChI=1S/C108H88BN5/c1-106(2,3)79-59-78(60-80(64-79)107(4,5)6)75-52-55-94-100(63-75)113(86-61-76(71-34-16-10-17-35-71)58-77(62-86)72-36-18-11-19-37-72)102-69-87(112-98-51-33-30-48-90(98)93-67-84(54-57-99(93)112)110(82-42-24-14-25-43-82)83-44-26-15-27-45-83)70-103-104(102)109(94)95-56-53-85(111-96-49-31-28-46-88(96)89-47-29-32-50-97(89)111)68-101(95)114(103)105-91(73-38-20-12-21-39-73)65-81(108(7,8)9)66-92(105)74-40-22-13-23-41-74/h10-70H,1-9H3/i28D,29D,31D,32D,46D,47D,49D,50D. The Hall–Kier alpha value is -13.4. The van der Waals surface area contributed by atoms with E-state index in [0.29, 0.717) is 5.69 Å². The van der Waals surface area contributed by atoms with Crippen LogP contribution in [0.2, 0.25) is 0 Å². The van der Waals surface area contributed by atoms with Crippen LogP contribution in [-0.4, -0.2) is 15.8 Å². The first-order valence-electron chi connectivity index (χ1n) is 43.5. The maximum Gasteiger partial charge on any atom is 0.252 e. The van der Waals surface area contributed by atoms with Crippen molar-refractivity contribution in [2.45, 2.75) is 78.6 Å². The van der Waals surface area contributed by atoms with Gasteiger partial charge in [-0.05, 0) is 215 Å². The van der Waals surface area contributed by atoms with Crippen LogP contribution >= 0.6 is 0 Å². The van der Waals surface area contributed by atoms with Gasteiger partial charge in [0, 0.05) is 83.9 Å². The first-order chi connectivity index (χ1) is 58.8. The molecule has 0 unspecified atom stereocenters. The van der Waals surface area contributed by atoms with Crippen molar-refractivity contribution >= 4 is 118 Å². The quantitative estimate of drug-likeness (QED) is 0.114. The van der Waals surface area contributed by atoms with Gasteiger partial charge in [0.15, 0.2) is 0 Å². The summed E-state index contributed by atoms with van der Waals surface area (Å²) >= 11 is 0. The second kappa shape index (κ2) is 27.2. The highest BCUT2D eigenvalue weighted by Gasteiger charge is 2.46. The minimum atomic E-state index is -0.545. The molecule has 18 aromatic rings. The second-order valence-corrected chi connectivity index (χ2v) is 33.6. The number of rotatable bonds is 12. The van der Waals surface area contributed by atoms with Crippen LogP contribution in [0.25, 0.3) is 111 Å². The Morgan fingerprint density at radius 1 is 0.272 bits per heavy atom. The van der Waals surface area contributed by atoms with Gasteiger partial charge in [-0.2, -0.15) is 0 Å². The molecule has 114 heavy (non-hydrogen) atoms. The molecule has 5 nitrogen and oxygen atoms in total. The van der Waals surface area contributed by atoms with E-state index in [4.69, 9.17) is 0 Å². The third-order valence-electron chi connectivity index (χ3n) is 23.3. The fourth-order valence-electron chi connectivity index (χ4n) is 17.6. The average molecular weight is 1470 g/mol. The first kappa shape index (κ1) is 61.3. The molecule has 0 aliphatic carbocycles. The van der Waals surface area contributed by atoms with Crippen LogP contribution in [0.15, 0.2) is 370 Å². The van der Waals surface area contributed by atoms with Gasteiger partial charge in [-0.25, -0.2) is 0 Å². The molecule has 0 fully saturated rings. The number of anilines is 9. The van der Waals surface area contributed by atoms with Gasteiger partial charge in [-0.1, -0.05) is 311 Å². The third-order valence-corrected chi connectivity index (χ3v) is 23.3. The minimum absolute atomic E-state index is 0.000329. The first-order valence-corrected chi connectivity index (χ1v) is 39.5. The van der Waals surface area contributed by atoms with Crippen LogP contribution in [0.4, 0.5) is 51.2 Å². The van der Waals surface area contributed by atoms with Crippen molar-refractivity contribution < 1.29 is 11.0 Å². The minimum Gasteiger partial charge on any atom is -0.311 e. The summed E-state index contributed by atoms with van der Waals surface area (Å²) in [5.74, 6) is 0. The largest absolute Gasteiger partial charge is 0.311 e. The number of aromatic nitrogens is 2. The van der Waals surface area contributed by atoms with Crippen molar-refractivity contribution in [3.05, 3.63) is 387 Å². The zero-order valence-corrected chi connectivity index (χ0v) is 65.4. The molecule has 0 spiro atoms. The number of fused-ring (bicyclic) bond motifs is 10. The zero-order chi connectivity index (χ0) is 84.3. The van der Waals surface area contributed by atoms with E-state index in [2.05, 4.69) is 397 Å². The lowest BCUT2D eigenvalue weighted by Gasteiger charge is -2.45. The molecule has 0 saturated carbocycles. The van der Waals surface area contributed by atoms with Crippen molar-refractivity contribution in [3.63, 3.8) is 0 Å². The van der Waals surface area contributed by atoms with Gasteiger partial charge in [0.2, 0.25) is 0 Å². The van der Waals surface area contributed by atoms with E-state index >= 15 is 0 Å². The monoisotopic (exact) mass is 1470 g/mol. The lowest BCUT2D eigenvalue weighted by molar-refractivity contribution is 0.569. The summed E-state index contributed by atoms with van der Waals surface area (Å²) in [6.45, 7) is 20.0. The lowest BCUT2D eigenvalue weighted by Crippen LogP contribution is -2.61. The Balaban J connectivity index is 0.990. The van der Waals surface area contributed by atoms with Gasteiger partial charge in [-0.3, -0.25) is 0 Å². The van der Waals surface area contributed by atoms with E-state index < -0.39 is 43.0 Å². The normalized spacial score (nSPS) is 13.7. The highest BCUT2D eigenvalue weighted by Crippen LogP contribution is 2.54. The predicted molar refractivity (Wildman–Crippen MR) is 487 cm³/mol. The van der Waals surface area contributed by atoms with Crippen LogP contribution in [0.3, 0.4) is 0 Å². The number of hydrogen-bond acceptors (Lipinski definition) is 3. The van der Waals surface area contributed by atoms with E-state index in [1.807, 2.05) is 6.07 Å². The summed E-state index contributed by atoms with van der Waals surface area (Å²) in [7, 11) is 0. The molecule has 16 aromatic carbocycles. The molecule has 0 saturated heterocycles. The molecule has 2 aliphatic rings. The molecule has 548 valence electrons. The molecular formula is C108H88BN5. The predicted octanol–water partition coefficient (Wildman–Crippen LogP) is 27.7. The lowest BCUT2D eigenvalue weighted by atomic mass is 9.33. The summed E-state index contributed by atoms with van der Waals surface area (Å²) in [6.07, 6.45) is 0. The van der Waals surface area contributed by atoms with Gasteiger partial charge in [0.1, 0.15) is 0 Å². The summed E-state index contributed by atoms with van der Waals surface area (Å²) in [5.41, 5.74) is 27.6. The maximum absolute atomic E-state index is 10.00. The molecule has 4 heterocycles. The SMILES string of the molecule is [2H]c1c([2H])c([2H])c2c(c1[2H])c1c([2H])c([2H])c([2H])c([2H])c1n2-c1ccc2c(c1)N(c1c(-c3ccccc3)cc(C(C)(C)C)cc1-c1ccccc1)c1cc(-n3c4ccccc4c4cc(N(c5ccccc5)c5ccccc5)ccc43)cc3c1B2c1ccc(-c2cc(C(C)(C)C)cc(C(C)(C)C)c2)cc1N3c1cc(-c2ccccc2)cc(-c2ccccc2)c1. The molecule has 0 radical (unpaired) electrons. The summed E-state index contributed by atoms with van der Waals surface area (Å²) < 4.78 is 80.7. The van der Waals surface area contributed by atoms with Crippen LogP contribution in [0.5, 0.6) is 0 Å². The Morgan fingerprint density at radius 2 is 0.702 bits per heavy atom. The van der Waals surface area contributed by atoms with Crippen molar-refractivity contribution in [1.82, 2.24) is 9.13 Å². The Kier molecular flexibility index (Phi) is 14.6. The average Bonchev–Trinajstić information content (AvgIpc) is 1.46. The molecule has 2 aliphatic heterocycles. The fraction of sp³-hybridized carbons (Fsp3) is 0.111. The molecule has 0 amide bonds. The summed E-state index contributed by atoms with van der Waals surface area (Å²) in [4.78, 5) is 7.34. The highest BCUT2D eigenvalue weighted by molar-refractivity contribution is 7.00. The molecule has 0 N–H and O–H groups in total. The smallest absolute Gasteiger partial charge is 0.252 e. The van der Waals surface area contributed by atoms with E-state index in [1.165, 1.54) is 11.1 Å². The Morgan fingerprint density at radius 3 is 1.24 bits per heavy atom. The van der Waals surface area contributed by atoms with Crippen molar-refractivity contribution in [2.75, 3.05) is 14.7 Å². The van der Waals surface area contributed by atoms with Gasteiger partial charge in [0.05, 0.1) is 44.4 Å². The number of para-hydroxylation sites is 5. The number of hydrogen-bond donors (Lipinski definition) is 0. The molecule has 0 atom stereocenters. The third kappa shape index (κ3) is 11.9.